The first-order chi connectivity index (χ1) is 8.12. The number of hydrogen-bond donors (Lipinski definition) is 1. The second kappa shape index (κ2) is 6.45. The monoisotopic (exact) mass is 250 g/mol. The van der Waals surface area contributed by atoms with Gasteiger partial charge in [-0.15, -0.1) is 0 Å². The molecule has 92 valence electrons. The molecule has 0 amide bonds. The van der Waals surface area contributed by atoms with Crippen LogP contribution in [-0.4, -0.2) is 15.2 Å². The van der Waals surface area contributed by atoms with Crippen molar-refractivity contribution in [1.82, 2.24) is 9.97 Å². The number of aryl methyl sites for hydroxylation is 1. The Bertz CT molecular complexity index is 425. The molecule has 0 fully saturated rings. The van der Waals surface area contributed by atoms with E-state index in [0.29, 0.717) is 21.8 Å². The minimum absolute atomic E-state index is 0.303. The predicted molar refractivity (Wildman–Crippen MR) is 70.8 cm³/mol. The maximum atomic E-state index is 9.03. The maximum absolute atomic E-state index is 9.03. The molecule has 1 aromatic heterocycles. The number of aromatic nitrogens is 2. The van der Waals surface area contributed by atoms with Gasteiger partial charge in [0.2, 0.25) is 0 Å². The highest BCUT2D eigenvalue weighted by Gasteiger charge is 2.13. The number of nitriles is 1. The van der Waals surface area contributed by atoms with Gasteiger partial charge in [0.1, 0.15) is 17.5 Å². The van der Waals surface area contributed by atoms with Gasteiger partial charge in [0.05, 0.1) is 5.69 Å². The Morgan fingerprint density at radius 1 is 1.41 bits per heavy atom. The molecule has 0 radical (unpaired) electrons. The van der Waals surface area contributed by atoms with Crippen LogP contribution in [0.5, 0.6) is 0 Å². The van der Waals surface area contributed by atoms with Gasteiger partial charge in [-0.1, -0.05) is 39.0 Å². The van der Waals surface area contributed by atoms with E-state index >= 15 is 0 Å². The molecule has 0 spiro atoms. The molecule has 1 atom stereocenters. The first-order valence-electron chi connectivity index (χ1n) is 5.85. The lowest BCUT2D eigenvalue weighted by Gasteiger charge is -2.10. The second-order valence-electron chi connectivity index (χ2n) is 3.91. The highest BCUT2D eigenvalue weighted by Crippen LogP contribution is 2.25. The number of rotatable bonds is 5. The van der Waals surface area contributed by atoms with Gasteiger partial charge in [0, 0.05) is 5.25 Å². The molecule has 5 heteroatoms. The van der Waals surface area contributed by atoms with Gasteiger partial charge in [-0.25, -0.2) is 9.97 Å². The zero-order chi connectivity index (χ0) is 12.8. The lowest BCUT2D eigenvalue weighted by atomic mass is 10.1. The van der Waals surface area contributed by atoms with Crippen LogP contribution in [0.25, 0.3) is 0 Å². The summed E-state index contributed by atoms with van der Waals surface area (Å²) in [5.74, 6) is 0.303. The van der Waals surface area contributed by atoms with Crippen LogP contribution in [0.3, 0.4) is 0 Å². The van der Waals surface area contributed by atoms with Gasteiger partial charge < -0.3 is 5.73 Å². The van der Waals surface area contributed by atoms with E-state index in [1.54, 1.807) is 11.8 Å². The molecular weight excluding hydrogens is 232 g/mol. The fraction of sp³-hybridized carbons (Fsp3) is 0.583. The van der Waals surface area contributed by atoms with Crippen molar-refractivity contribution in [2.45, 2.75) is 50.4 Å². The normalized spacial score (nSPS) is 12.1. The van der Waals surface area contributed by atoms with Crippen molar-refractivity contribution < 1.29 is 0 Å². The summed E-state index contributed by atoms with van der Waals surface area (Å²) in [6.07, 6.45) is 2.76. The van der Waals surface area contributed by atoms with Crippen molar-refractivity contribution in [2.75, 3.05) is 5.73 Å². The summed E-state index contributed by atoms with van der Waals surface area (Å²) in [6, 6.07) is 2.08. The summed E-state index contributed by atoms with van der Waals surface area (Å²) in [5.41, 5.74) is 7.00. The Kier molecular flexibility index (Phi) is 5.23. The second-order valence-corrected chi connectivity index (χ2v) is 5.32. The number of nitrogens with zero attached hydrogens (tertiary/aromatic N) is 3. The first kappa shape index (κ1) is 13.8. The van der Waals surface area contributed by atoms with Crippen molar-refractivity contribution in [3.63, 3.8) is 0 Å². The zero-order valence-electron chi connectivity index (χ0n) is 10.5. The largest absolute Gasteiger partial charge is 0.382 e. The molecule has 0 bridgehead atoms. The van der Waals surface area contributed by atoms with Crippen molar-refractivity contribution in [1.29, 1.82) is 5.26 Å². The van der Waals surface area contributed by atoms with Gasteiger partial charge in [0.15, 0.2) is 5.16 Å². The van der Waals surface area contributed by atoms with Gasteiger partial charge in [-0.2, -0.15) is 5.26 Å². The summed E-state index contributed by atoms with van der Waals surface area (Å²) >= 11 is 1.61. The van der Waals surface area contributed by atoms with Crippen LogP contribution >= 0.6 is 11.8 Å². The molecule has 0 saturated carbocycles. The Balaban J connectivity index is 3.06. The van der Waals surface area contributed by atoms with Crippen LogP contribution in [-0.2, 0) is 6.42 Å². The van der Waals surface area contributed by atoms with E-state index in [2.05, 4.69) is 36.8 Å². The Morgan fingerprint density at radius 2 is 2.12 bits per heavy atom. The average Bonchev–Trinajstić information content (AvgIpc) is 2.29. The third kappa shape index (κ3) is 3.60. The fourth-order valence-corrected chi connectivity index (χ4v) is 2.20. The maximum Gasteiger partial charge on any atom is 0.190 e. The summed E-state index contributed by atoms with van der Waals surface area (Å²) in [5, 5.41) is 10.2. The SMILES string of the molecule is CCCc1nc(S[C@H](C)CC)nc(N)c1C#N. The standard InChI is InChI=1S/C12H18N4S/c1-4-6-10-9(7-13)11(14)16-12(15-10)17-8(3)5-2/h8H,4-6H2,1-3H3,(H2,14,15,16)/t8-/m1/s1. The van der Waals surface area contributed by atoms with Crippen molar-refractivity contribution in [2.24, 2.45) is 0 Å². The molecular formula is C12H18N4S. The molecule has 4 nitrogen and oxygen atoms in total. The predicted octanol–water partition coefficient (Wildman–Crippen LogP) is 2.77. The van der Waals surface area contributed by atoms with E-state index < -0.39 is 0 Å². The van der Waals surface area contributed by atoms with Crippen LogP contribution in [0.4, 0.5) is 5.82 Å². The Morgan fingerprint density at radius 3 is 2.65 bits per heavy atom. The van der Waals surface area contributed by atoms with Crippen LogP contribution < -0.4 is 5.73 Å². The van der Waals surface area contributed by atoms with E-state index in [4.69, 9.17) is 11.0 Å². The molecule has 2 N–H and O–H groups in total. The van der Waals surface area contributed by atoms with Gasteiger partial charge in [0.25, 0.3) is 0 Å². The topological polar surface area (TPSA) is 75.6 Å². The van der Waals surface area contributed by atoms with Crippen molar-refractivity contribution >= 4 is 17.6 Å². The van der Waals surface area contributed by atoms with Crippen LogP contribution in [0.1, 0.15) is 44.9 Å². The van der Waals surface area contributed by atoms with Crippen LogP contribution in [0.2, 0.25) is 0 Å². The highest BCUT2D eigenvalue weighted by molar-refractivity contribution is 7.99. The summed E-state index contributed by atoms with van der Waals surface area (Å²) in [7, 11) is 0. The quantitative estimate of drug-likeness (QED) is 0.642. The van der Waals surface area contributed by atoms with E-state index in [-0.39, 0.29) is 0 Å². The van der Waals surface area contributed by atoms with E-state index in [1.807, 2.05) is 0 Å². The Labute approximate surface area is 107 Å². The zero-order valence-corrected chi connectivity index (χ0v) is 11.3. The van der Waals surface area contributed by atoms with Crippen molar-refractivity contribution in [3.05, 3.63) is 11.3 Å². The molecule has 0 unspecified atom stereocenters. The molecule has 0 saturated heterocycles. The molecule has 0 aliphatic rings. The van der Waals surface area contributed by atoms with E-state index in [9.17, 15) is 0 Å². The fourth-order valence-electron chi connectivity index (χ4n) is 1.36. The average molecular weight is 250 g/mol. The summed E-state index contributed by atoms with van der Waals surface area (Å²) in [6.45, 7) is 6.31. The molecule has 1 heterocycles. The molecule has 0 aliphatic heterocycles. The molecule has 0 aromatic carbocycles. The Hall–Kier alpha value is -1.28. The summed E-state index contributed by atoms with van der Waals surface area (Å²) in [4.78, 5) is 8.61. The number of nitrogens with two attached hydrogens (primary N) is 1. The summed E-state index contributed by atoms with van der Waals surface area (Å²) < 4.78 is 0. The van der Waals surface area contributed by atoms with Crippen LogP contribution in [0, 0.1) is 11.3 Å². The van der Waals surface area contributed by atoms with E-state index in [1.165, 1.54) is 0 Å². The highest BCUT2D eigenvalue weighted by atomic mass is 32.2. The lowest BCUT2D eigenvalue weighted by molar-refractivity contribution is 0.818. The number of nitrogen functional groups attached to an aromatic ring is 1. The van der Waals surface area contributed by atoms with Gasteiger partial charge in [-0.3, -0.25) is 0 Å². The van der Waals surface area contributed by atoms with Gasteiger partial charge >= 0.3 is 0 Å². The van der Waals surface area contributed by atoms with Crippen LogP contribution in [0.15, 0.2) is 5.16 Å². The molecule has 17 heavy (non-hydrogen) atoms. The first-order valence-corrected chi connectivity index (χ1v) is 6.73. The minimum atomic E-state index is 0.303. The number of thioether (sulfide) groups is 1. The lowest BCUT2D eigenvalue weighted by Crippen LogP contribution is -2.06. The number of anilines is 1. The van der Waals surface area contributed by atoms with E-state index in [0.717, 1.165) is 25.0 Å². The minimum Gasteiger partial charge on any atom is -0.382 e. The smallest absolute Gasteiger partial charge is 0.190 e. The third-order valence-corrected chi connectivity index (χ3v) is 3.60. The molecule has 1 aromatic rings. The van der Waals surface area contributed by atoms with Gasteiger partial charge in [-0.05, 0) is 12.8 Å². The molecule has 1 rings (SSSR count). The third-order valence-electron chi connectivity index (χ3n) is 2.47. The van der Waals surface area contributed by atoms with Crippen molar-refractivity contribution in [3.8, 4) is 6.07 Å². The number of hydrogen-bond acceptors (Lipinski definition) is 5. The molecule has 0 aliphatic carbocycles.